The molecule has 10 heavy (non-hydrogen) atoms. The second-order valence-corrected chi connectivity index (χ2v) is 2.23. The van der Waals surface area contributed by atoms with Gasteiger partial charge in [0.15, 0.2) is 0 Å². The van der Waals surface area contributed by atoms with Gasteiger partial charge in [-0.3, -0.25) is 0 Å². The second-order valence-electron chi connectivity index (χ2n) is 2.23. The molecular formula is C9H16O. The van der Waals surface area contributed by atoms with E-state index in [0.29, 0.717) is 5.76 Å². The molecule has 1 nitrogen and oxygen atoms in total. The Balaban J connectivity index is 3.59. The predicted octanol–water partition coefficient (Wildman–Crippen LogP) is 3.19. The molecule has 0 aromatic heterocycles. The molecule has 0 saturated carbocycles. The third-order valence-corrected chi connectivity index (χ3v) is 1.17. The summed E-state index contributed by atoms with van der Waals surface area (Å²) in [7, 11) is 0. The van der Waals surface area contributed by atoms with Crippen molar-refractivity contribution >= 4 is 0 Å². The standard InChI is InChI=1S/C9H16O/c1-3-5-7-9(10)8-6-4-2/h5,7-8,10H,3-4,6H2,1-2H3/b7-5-,9-8+. The summed E-state index contributed by atoms with van der Waals surface area (Å²) in [6, 6.07) is 0. The molecule has 0 unspecified atom stereocenters. The minimum Gasteiger partial charge on any atom is -0.508 e. The highest BCUT2D eigenvalue weighted by Crippen LogP contribution is 1.97. The number of unbranched alkanes of at least 4 members (excludes halogenated alkanes) is 1. The second kappa shape index (κ2) is 6.40. The number of aliphatic hydroxyl groups is 1. The van der Waals surface area contributed by atoms with Crippen LogP contribution in [0.2, 0.25) is 0 Å². The van der Waals surface area contributed by atoms with E-state index in [2.05, 4.69) is 6.92 Å². The lowest BCUT2D eigenvalue weighted by Gasteiger charge is -1.89. The van der Waals surface area contributed by atoms with E-state index in [4.69, 9.17) is 5.11 Å². The fraction of sp³-hybridized carbons (Fsp3) is 0.556. The molecule has 0 fully saturated rings. The average Bonchev–Trinajstić information content (AvgIpc) is 1.97. The average molecular weight is 140 g/mol. The first-order valence-electron chi connectivity index (χ1n) is 3.87. The summed E-state index contributed by atoms with van der Waals surface area (Å²) in [4.78, 5) is 0. The van der Waals surface area contributed by atoms with Crippen molar-refractivity contribution in [3.05, 3.63) is 24.0 Å². The van der Waals surface area contributed by atoms with E-state index in [1.54, 1.807) is 6.08 Å². The first-order chi connectivity index (χ1) is 4.81. The zero-order chi connectivity index (χ0) is 7.82. The molecule has 0 rings (SSSR count). The highest BCUT2D eigenvalue weighted by Gasteiger charge is 1.81. The Morgan fingerprint density at radius 3 is 2.60 bits per heavy atom. The molecule has 58 valence electrons. The van der Waals surface area contributed by atoms with Crippen LogP contribution in [0.25, 0.3) is 0 Å². The van der Waals surface area contributed by atoms with E-state index in [9.17, 15) is 0 Å². The van der Waals surface area contributed by atoms with Crippen LogP contribution in [-0.4, -0.2) is 5.11 Å². The van der Waals surface area contributed by atoms with Gasteiger partial charge in [-0.15, -0.1) is 0 Å². The van der Waals surface area contributed by atoms with E-state index < -0.39 is 0 Å². The van der Waals surface area contributed by atoms with Crippen LogP contribution in [0, 0.1) is 0 Å². The van der Waals surface area contributed by atoms with Crippen molar-refractivity contribution in [1.82, 2.24) is 0 Å². The molecule has 0 saturated heterocycles. The molecular weight excluding hydrogens is 124 g/mol. The molecule has 0 radical (unpaired) electrons. The van der Waals surface area contributed by atoms with Gasteiger partial charge >= 0.3 is 0 Å². The first kappa shape index (κ1) is 9.28. The van der Waals surface area contributed by atoms with E-state index in [1.807, 2.05) is 19.1 Å². The molecule has 0 aromatic rings. The molecule has 1 N–H and O–H groups in total. The van der Waals surface area contributed by atoms with Crippen molar-refractivity contribution in [1.29, 1.82) is 0 Å². The molecule has 0 aromatic carbocycles. The van der Waals surface area contributed by atoms with Gasteiger partial charge in [0.1, 0.15) is 5.76 Å². The molecule has 1 heteroatoms. The van der Waals surface area contributed by atoms with Crippen molar-refractivity contribution in [2.75, 3.05) is 0 Å². The Morgan fingerprint density at radius 1 is 1.40 bits per heavy atom. The number of allylic oxidation sites excluding steroid dienone is 3. The molecule has 0 aliphatic heterocycles. The van der Waals surface area contributed by atoms with Crippen molar-refractivity contribution < 1.29 is 5.11 Å². The molecule has 0 bridgehead atoms. The SMILES string of the molecule is CC/C=C\C(O)=C/CCC. The molecule has 0 spiro atoms. The van der Waals surface area contributed by atoms with Gasteiger partial charge in [0.25, 0.3) is 0 Å². The van der Waals surface area contributed by atoms with Gasteiger partial charge in [-0.05, 0) is 25.0 Å². The molecule has 0 heterocycles. The van der Waals surface area contributed by atoms with Crippen LogP contribution in [-0.2, 0) is 0 Å². The Hall–Kier alpha value is -0.720. The van der Waals surface area contributed by atoms with Crippen LogP contribution in [0.1, 0.15) is 33.1 Å². The molecule has 0 amide bonds. The van der Waals surface area contributed by atoms with Crippen molar-refractivity contribution in [3.8, 4) is 0 Å². The summed E-state index contributed by atoms with van der Waals surface area (Å²) < 4.78 is 0. The highest BCUT2D eigenvalue weighted by molar-refractivity contribution is 5.09. The van der Waals surface area contributed by atoms with Crippen LogP contribution in [0.4, 0.5) is 0 Å². The maximum atomic E-state index is 9.09. The topological polar surface area (TPSA) is 20.2 Å². The lowest BCUT2D eigenvalue weighted by atomic mass is 10.3. The fourth-order valence-electron chi connectivity index (χ4n) is 0.599. The van der Waals surface area contributed by atoms with Gasteiger partial charge in [-0.1, -0.05) is 26.3 Å². The smallest absolute Gasteiger partial charge is 0.111 e. The lowest BCUT2D eigenvalue weighted by molar-refractivity contribution is 0.429. The molecule has 0 aliphatic rings. The monoisotopic (exact) mass is 140 g/mol. The quantitative estimate of drug-likeness (QED) is 0.469. The Labute approximate surface area is 63.1 Å². The van der Waals surface area contributed by atoms with E-state index >= 15 is 0 Å². The largest absolute Gasteiger partial charge is 0.508 e. The van der Waals surface area contributed by atoms with Crippen LogP contribution in [0.5, 0.6) is 0 Å². The zero-order valence-electron chi connectivity index (χ0n) is 6.80. The molecule has 0 aliphatic carbocycles. The molecule has 0 atom stereocenters. The van der Waals surface area contributed by atoms with Gasteiger partial charge in [0, 0.05) is 0 Å². The number of hydrogen-bond donors (Lipinski definition) is 1. The Bertz CT molecular complexity index is 123. The minimum absolute atomic E-state index is 0.392. The van der Waals surface area contributed by atoms with Gasteiger partial charge < -0.3 is 5.11 Å². The zero-order valence-corrected chi connectivity index (χ0v) is 6.80. The summed E-state index contributed by atoms with van der Waals surface area (Å²) in [5, 5.41) is 9.09. The van der Waals surface area contributed by atoms with Crippen LogP contribution in [0.3, 0.4) is 0 Å². The lowest BCUT2D eigenvalue weighted by Crippen LogP contribution is -1.73. The normalized spacial score (nSPS) is 12.8. The van der Waals surface area contributed by atoms with Crippen molar-refractivity contribution in [2.24, 2.45) is 0 Å². The summed E-state index contributed by atoms with van der Waals surface area (Å²) in [5.41, 5.74) is 0. The summed E-state index contributed by atoms with van der Waals surface area (Å²) in [5.74, 6) is 0.392. The van der Waals surface area contributed by atoms with Gasteiger partial charge in [-0.25, -0.2) is 0 Å². The Kier molecular flexibility index (Phi) is 5.94. The summed E-state index contributed by atoms with van der Waals surface area (Å²) in [6.45, 7) is 4.14. The van der Waals surface area contributed by atoms with Gasteiger partial charge in [0.05, 0.1) is 0 Å². The number of aliphatic hydroxyl groups excluding tert-OH is 1. The first-order valence-corrected chi connectivity index (χ1v) is 3.87. The third kappa shape index (κ3) is 5.42. The van der Waals surface area contributed by atoms with Crippen LogP contribution < -0.4 is 0 Å². The highest BCUT2D eigenvalue weighted by atomic mass is 16.3. The van der Waals surface area contributed by atoms with Crippen LogP contribution in [0.15, 0.2) is 24.0 Å². The van der Waals surface area contributed by atoms with E-state index in [0.717, 1.165) is 19.3 Å². The predicted molar refractivity (Wildman–Crippen MR) is 45.1 cm³/mol. The summed E-state index contributed by atoms with van der Waals surface area (Å²) >= 11 is 0. The number of rotatable bonds is 4. The fourth-order valence-corrected chi connectivity index (χ4v) is 0.599. The van der Waals surface area contributed by atoms with E-state index in [-0.39, 0.29) is 0 Å². The van der Waals surface area contributed by atoms with Gasteiger partial charge in [0.2, 0.25) is 0 Å². The number of hydrogen-bond acceptors (Lipinski definition) is 1. The Morgan fingerprint density at radius 2 is 2.10 bits per heavy atom. The van der Waals surface area contributed by atoms with Crippen molar-refractivity contribution in [3.63, 3.8) is 0 Å². The minimum atomic E-state index is 0.392. The van der Waals surface area contributed by atoms with E-state index in [1.165, 1.54) is 0 Å². The summed E-state index contributed by atoms with van der Waals surface area (Å²) in [6.07, 6.45) is 8.55. The maximum Gasteiger partial charge on any atom is 0.111 e. The maximum absolute atomic E-state index is 9.09. The van der Waals surface area contributed by atoms with Crippen LogP contribution >= 0.6 is 0 Å². The van der Waals surface area contributed by atoms with Gasteiger partial charge in [-0.2, -0.15) is 0 Å². The third-order valence-electron chi connectivity index (χ3n) is 1.17. The van der Waals surface area contributed by atoms with Crippen molar-refractivity contribution in [2.45, 2.75) is 33.1 Å².